The lowest BCUT2D eigenvalue weighted by atomic mass is 10.1. The Bertz CT molecular complexity index is 1180. The molecule has 3 aromatic carbocycles. The average molecular weight is 386 g/mol. The summed E-state index contributed by atoms with van der Waals surface area (Å²) >= 11 is 0. The van der Waals surface area contributed by atoms with Crippen molar-refractivity contribution in [2.75, 3.05) is 5.32 Å². The summed E-state index contributed by atoms with van der Waals surface area (Å²) in [5.41, 5.74) is 1.83. The molecule has 7 nitrogen and oxygen atoms in total. The third kappa shape index (κ3) is 4.14. The van der Waals surface area contributed by atoms with Crippen LogP contribution in [0.3, 0.4) is 0 Å². The van der Waals surface area contributed by atoms with Gasteiger partial charge in [0, 0.05) is 6.54 Å². The first-order chi connectivity index (χ1) is 14.1. The number of rotatable bonds is 6. The number of aryl methyl sites for hydroxylation is 1. The zero-order valence-corrected chi connectivity index (χ0v) is 15.7. The second-order valence-electron chi connectivity index (χ2n) is 6.58. The van der Waals surface area contributed by atoms with Gasteiger partial charge in [-0.2, -0.15) is 4.98 Å². The van der Waals surface area contributed by atoms with E-state index in [1.54, 1.807) is 6.07 Å². The van der Waals surface area contributed by atoms with Gasteiger partial charge in [0.1, 0.15) is 12.1 Å². The molecule has 0 saturated carbocycles. The molecular formula is C22H18N4O3. The van der Waals surface area contributed by atoms with E-state index in [2.05, 4.69) is 15.3 Å². The third-order valence-corrected chi connectivity index (χ3v) is 4.49. The van der Waals surface area contributed by atoms with Crippen molar-refractivity contribution in [1.82, 2.24) is 9.97 Å². The smallest absolute Gasteiger partial charge is 0.373 e. The number of aromatic nitrogens is 2. The monoisotopic (exact) mass is 386 g/mol. The molecule has 0 saturated heterocycles. The highest BCUT2D eigenvalue weighted by Gasteiger charge is 2.25. The molecule has 0 spiro atoms. The molecule has 0 aliphatic carbocycles. The van der Waals surface area contributed by atoms with Gasteiger partial charge in [-0.3, -0.25) is 10.1 Å². The molecule has 0 amide bonds. The fourth-order valence-electron chi connectivity index (χ4n) is 2.97. The standard InChI is InChI=1S/C22H18N4O3/c1-15-6-8-16(9-7-15)13-23-21-20(26(27)28)22(25-14-24-21)29-19-11-10-17-4-2-3-5-18(17)12-19/h2-12,14H,13H2,1H3,(H,23,24,25). The van der Waals surface area contributed by atoms with E-state index in [0.29, 0.717) is 12.3 Å². The van der Waals surface area contributed by atoms with Crippen LogP contribution < -0.4 is 10.1 Å². The minimum atomic E-state index is -0.534. The van der Waals surface area contributed by atoms with E-state index in [9.17, 15) is 10.1 Å². The van der Waals surface area contributed by atoms with Crippen molar-refractivity contribution in [3.8, 4) is 11.6 Å². The van der Waals surface area contributed by atoms with Crippen molar-refractivity contribution in [1.29, 1.82) is 0 Å². The largest absolute Gasteiger partial charge is 0.434 e. The van der Waals surface area contributed by atoms with Crippen LogP contribution >= 0.6 is 0 Å². The van der Waals surface area contributed by atoms with Crippen LogP contribution in [0.15, 0.2) is 73.1 Å². The van der Waals surface area contributed by atoms with Crippen molar-refractivity contribution in [2.24, 2.45) is 0 Å². The van der Waals surface area contributed by atoms with Crippen LogP contribution in [0.5, 0.6) is 11.6 Å². The van der Waals surface area contributed by atoms with Gasteiger partial charge in [-0.15, -0.1) is 0 Å². The molecule has 144 valence electrons. The molecule has 0 atom stereocenters. The van der Waals surface area contributed by atoms with E-state index >= 15 is 0 Å². The van der Waals surface area contributed by atoms with Crippen molar-refractivity contribution >= 4 is 22.3 Å². The minimum Gasteiger partial charge on any atom is -0.434 e. The lowest BCUT2D eigenvalue weighted by Crippen LogP contribution is -2.07. The predicted molar refractivity (Wildman–Crippen MR) is 111 cm³/mol. The maximum Gasteiger partial charge on any atom is 0.373 e. The highest BCUT2D eigenvalue weighted by Crippen LogP contribution is 2.35. The maximum atomic E-state index is 11.7. The number of nitro groups is 1. The molecule has 29 heavy (non-hydrogen) atoms. The lowest BCUT2D eigenvalue weighted by Gasteiger charge is -2.10. The summed E-state index contributed by atoms with van der Waals surface area (Å²) in [6, 6.07) is 21.2. The van der Waals surface area contributed by atoms with Gasteiger partial charge in [0.05, 0.1) is 4.92 Å². The summed E-state index contributed by atoms with van der Waals surface area (Å²) in [5, 5.41) is 16.7. The lowest BCUT2D eigenvalue weighted by molar-refractivity contribution is -0.385. The molecule has 1 aromatic heterocycles. The Balaban J connectivity index is 1.61. The number of nitrogens with one attached hydrogen (secondary N) is 1. The molecule has 0 radical (unpaired) electrons. The van der Waals surface area contributed by atoms with Crippen LogP contribution in [-0.4, -0.2) is 14.9 Å². The van der Waals surface area contributed by atoms with Crippen LogP contribution in [0, 0.1) is 17.0 Å². The van der Waals surface area contributed by atoms with Crippen LogP contribution in [0.25, 0.3) is 10.8 Å². The summed E-state index contributed by atoms with van der Waals surface area (Å²) in [7, 11) is 0. The molecule has 7 heteroatoms. The van der Waals surface area contributed by atoms with Gasteiger partial charge in [0.2, 0.25) is 5.82 Å². The molecule has 0 bridgehead atoms. The van der Waals surface area contributed by atoms with Crippen LogP contribution in [-0.2, 0) is 6.54 Å². The van der Waals surface area contributed by atoms with Crippen molar-refractivity contribution in [2.45, 2.75) is 13.5 Å². The van der Waals surface area contributed by atoms with Gasteiger partial charge in [0.15, 0.2) is 0 Å². The summed E-state index contributed by atoms with van der Waals surface area (Å²) in [5.74, 6) is 0.475. The van der Waals surface area contributed by atoms with E-state index in [1.807, 2.05) is 67.6 Å². The number of benzene rings is 3. The van der Waals surface area contributed by atoms with E-state index in [0.717, 1.165) is 21.9 Å². The summed E-state index contributed by atoms with van der Waals surface area (Å²) in [6.07, 6.45) is 1.25. The normalized spacial score (nSPS) is 10.7. The first-order valence-corrected chi connectivity index (χ1v) is 9.05. The maximum absolute atomic E-state index is 11.7. The van der Waals surface area contributed by atoms with Crippen LogP contribution in [0.4, 0.5) is 11.5 Å². The van der Waals surface area contributed by atoms with Crippen LogP contribution in [0.2, 0.25) is 0 Å². The molecular weight excluding hydrogens is 368 g/mol. The van der Waals surface area contributed by atoms with E-state index in [1.165, 1.54) is 6.33 Å². The minimum absolute atomic E-state index is 0.105. The Labute approximate surface area is 167 Å². The van der Waals surface area contributed by atoms with Gasteiger partial charge >= 0.3 is 11.6 Å². The van der Waals surface area contributed by atoms with E-state index < -0.39 is 4.92 Å². The number of anilines is 1. The summed E-state index contributed by atoms with van der Waals surface area (Å²) in [6.45, 7) is 2.40. The van der Waals surface area contributed by atoms with E-state index in [4.69, 9.17) is 4.74 Å². The molecule has 4 aromatic rings. The SMILES string of the molecule is Cc1ccc(CNc2ncnc(Oc3ccc4ccccc4c3)c2[N+](=O)[O-])cc1. The fraction of sp³-hybridized carbons (Fsp3) is 0.0909. The second kappa shape index (κ2) is 7.93. The first-order valence-electron chi connectivity index (χ1n) is 9.05. The second-order valence-corrected chi connectivity index (χ2v) is 6.58. The molecule has 1 heterocycles. The predicted octanol–water partition coefficient (Wildman–Crippen LogP) is 5.25. The van der Waals surface area contributed by atoms with Crippen LogP contribution in [0.1, 0.15) is 11.1 Å². The number of hydrogen-bond donors (Lipinski definition) is 1. The van der Waals surface area contributed by atoms with Gasteiger partial charge in [0.25, 0.3) is 0 Å². The molecule has 0 aliphatic heterocycles. The Morgan fingerprint density at radius 3 is 2.52 bits per heavy atom. The molecule has 0 unspecified atom stereocenters. The number of ether oxygens (including phenoxy) is 1. The summed E-state index contributed by atoms with van der Waals surface area (Å²) in [4.78, 5) is 19.2. The zero-order valence-electron chi connectivity index (χ0n) is 15.7. The Morgan fingerprint density at radius 1 is 1.00 bits per heavy atom. The topological polar surface area (TPSA) is 90.2 Å². The average Bonchev–Trinajstić information content (AvgIpc) is 2.73. The number of nitrogens with zero attached hydrogens (tertiary/aromatic N) is 3. The number of fused-ring (bicyclic) bond motifs is 1. The molecule has 4 rings (SSSR count). The van der Waals surface area contributed by atoms with Crippen molar-refractivity contribution in [3.63, 3.8) is 0 Å². The molecule has 0 aliphatic rings. The first kappa shape index (κ1) is 18.4. The number of hydrogen-bond acceptors (Lipinski definition) is 6. The molecule has 0 fully saturated rings. The van der Waals surface area contributed by atoms with Gasteiger partial charge in [-0.1, -0.05) is 60.2 Å². The van der Waals surface area contributed by atoms with Crippen molar-refractivity contribution < 1.29 is 9.66 Å². The quantitative estimate of drug-likeness (QED) is 0.359. The molecule has 1 N–H and O–H groups in total. The zero-order chi connectivity index (χ0) is 20.2. The Hall–Kier alpha value is -4.00. The van der Waals surface area contributed by atoms with Crippen molar-refractivity contribution in [3.05, 3.63) is 94.3 Å². The Morgan fingerprint density at radius 2 is 1.76 bits per heavy atom. The summed E-state index contributed by atoms with van der Waals surface area (Å²) < 4.78 is 5.75. The van der Waals surface area contributed by atoms with Gasteiger partial charge < -0.3 is 10.1 Å². The highest BCUT2D eigenvalue weighted by atomic mass is 16.6. The highest BCUT2D eigenvalue weighted by molar-refractivity contribution is 5.83. The Kier molecular flexibility index (Phi) is 5.03. The van der Waals surface area contributed by atoms with Gasteiger partial charge in [-0.05, 0) is 35.4 Å². The van der Waals surface area contributed by atoms with E-state index in [-0.39, 0.29) is 17.4 Å². The van der Waals surface area contributed by atoms with Gasteiger partial charge in [-0.25, -0.2) is 4.98 Å². The third-order valence-electron chi connectivity index (χ3n) is 4.49. The fourth-order valence-corrected chi connectivity index (χ4v) is 2.97.